The van der Waals surface area contributed by atoms with E-state index in [-0.39, 0.29) is 84.3 Å². The number of carboxylic acids is 1. The standard InChI is InChI=1S/C46H43Cl2N4O25P3/c1-20(2)40(72-18-23-17-51(46(60)50-44(23)57)34-16-30(53)33(74-34)19-73-79(66,67)77-80(68,69)76-78(63,64)65)25-9-7-21(12-29(25)52(61)62)6-5-11-49-43(56)22-8-10-24(45(58)59)26(13-22)35-27-14-31(70-3)38(54)36(47)41(27)75-42-28(35)15-32(71-4)39(55)37(42)48/h7-10,12-15,17,20,30,33-34,40,53-54H,11,16,18-19H2,1-4H3,(H,49,56)(H,58,59)(H,66,67)(H,68,69)(H,50,57,60)(H2,63,64,65). The van der Waals surface area contributed by atoms with Crippen LogP contribution in [0.4, 0.5) is 5.69 Å². The molecular formula is C46H43Cl2N4O25P3. The van der Waals surface area contributed by atoms with Crippen molar-refractivity contribution in [1.29, 1.82) is 0 Å². The summed E-state index contributed by atoms with van der Waals surface area (Å²) >= 11 is 13.0. The van der Waals surface area contributed by atoms with E-state index in [1.165, 1.54) is 50.6 Å². The molecule has 0 bridgehead atoms. The van der Waals surface area contributed by atoms with Gasteiger partial charge in [0.25, 0.3) is 17.2 Å². The number of aromatic hydroxyl groups is 1. The van der Waals surface area contributed by atoms with Crippen molar-refractivity contribution >= 4 is 75.2 Å². The Hall–Kier alpha value is -6.80. The number of aliphatic hydroxyl groups is 1. The molecule has 6 atom stereocenters. The second kappa shape index (κ2) is 24.1. The fourth-order valence-electron chi connectivity index (χ4n) is 8.25. The predicted octanol–water partition coefficient (Wildman–Crippen LogP) is 5.74. The third-order valence-corrected chi connectivity index (χ3v) is 16.3. The summed E-state index contributed by atoms with van der Waals surface area (Å²) in [6, 6.07) is 10.1. The summed E-state index contributed by atoms with van der Waals surface area (Å²) < 4.78 is 75.6. The molecule has 4 aromatic rings. The molecule has 1 amide bonds. The number of phenolic OH excluding ortho intramolecular Hbond substituents is 1. The lowest BCUT2D eigenvalue weighted by atomic mass is 9.89. The van der Waals surface area contributed by atoms with Crippen molar-refractivity contribution in [3.05, 3.63) is 134 Å². The molecule has 2 aliphatic heterocycles. The maximum atomic E-state index is 13.7. The van der Waals surface area contributed by atoms with E-state index in [1.54, 1.807) is 13.8 Å². The summed E-state index contributed by atoms with van der Waals surface area (Å²) in [5, 5.41) is 46.0. The molecule has 9 N–H and O–H groups in total. The van der Waals surface area contributed by atoms with Gasteiger partial charge >= 0.3 is 35.1 Å². The number of H-pyrrole nitrogens is 1. The minimum Gasteiger partial charge on any atom is -0.503 e. The van der Waals surface area contributed by atoms with Crippen molar-refractivity contribution in [3.63, 3.8) is 0 Å². The van der Waals surface area contributed by atoms with Gasteiger partial charge < -0.3 is 63.6 Å². The minimum atomic E-state index is -5.86. The molecule has 3 aromatic carbocycles. The van der Waals surface area contributed by atoms with Gasteiger partial charge in [0.1, 0.15) is 22.4 Å². The number of fused-ring (bicyclic) bond motifs is 2. The first-order valence-electron chi connectivity index (χ1n) is 22.7. The summed E-state index contributed by atoms with van der Waals surface area (Å²) in [5.41, 5.74) is -3.88. The molecule has 0 radical (unpaired) electrons. The number of nitro groups is 1. The highest BCUT2D eigenvalue weighted by Crippen LogP contribution is 2.66. The van der Waals surface area contributed by atoms with Crippen LogP contribution in [0.3, 0.4) is 0 Å². The molecule has 0 saturated carbocycles. The van der Waals surface area contributed by atoms with Crippen molar-refractivity contribution in [1.82, 2.24) is 14.9 Å². The van der Waals surface area contributed by atoms with Crippen LogP contribution in [0, 0.1) is 27.9 Å². The van der Waals surface area contributed by atoms with Crippen molar-refractivity contribution in [2.75, 3.05) is 27.4 Å². The summed E-state index contributed by atoms with van der Waals surface area (Å²) in [6.45, 7) is 1.38. The molecule has 3 heterocycles. The van der Waals surface area contributed by atoms with Gasteiger partial charge in [0.05, 0.1) is 67.8 Å². The average Bonchev–Trinajstić information content (AvgIpc) is 3.74. The number of hydrogen-bond acceptors (Lipinski definition) is 20. The fraction of sp³-hybridized carbons (Fsp3) is 0.283. The Morgan fingerprint density at radius 2 is 1.66 bits per heavy atom. The Kier molecular flexibility index (Phi) is 18.3. The van der Waals surface area contributed by atoms with Crippen molar-refractivity contribution in [2.45, 2.75) is 51.4 Å². The molecule has 6 unspecified atom stereocenters. The van der Waals surface area contributed by atoms with Crippen molar-refractivity contribution in [2.24, 2.45) is 5.92 Å². The third kappa shape index (κ3) is 13.5. The summed E-state index contributed by atoms with van der Waals surface area (Å²) in [7, 11) is -14.7. The normalized spacial score (nSPS) is 17.3. The number of aliphatic hydroxyl groups excluding tert-OH is 1. The molecule has 29 nitrogen and oxygen atoms in total. The number of phosphoric acid groups is 3. The number of carbonyl (C=O) groups is 2. The Morgan fingerprint density at radius 1 is 0.963 bits per heavy atom. The first-order chi connectivity index (χ1) is 37.4. The summed E-state index contributed by atoms with van der Waals surface area (Å²) in [6.07, 6.45) is -4.92. The molecule has 426 valence electrons. The number of halogens is 2. The number of aromatic nitrogens is 2. The van der Waals surface area contributed by atoms with Crippen LogP contribution < -0.4 is 31.5 Å². The van der Waals surface area contributed by atoms with E-state index in [0.29, 0.717) is 0 Å². The molecule has 1 aromatic heterocycles. The SMILES string of the molecule is COc1cc2c(-c3cc(C(=O)NCC#Cc4ccc(C(OCc5cn(C6CC(O)C(COP(=O)(O)OP(=O)(O)OP(=O)(O)O)O6)c(=O)[nH]c5=O)C(C)C)c([N+](=O)[O-])c4)ccc3C(=O)O)c3cc(OC)c(=O)c(Cl)c-3oc2c(Cl)c1O. The third-order valence-electron chi connectivity index (χ3n) is 11.8. The topological polar surface area (TPSA) is 432 Å². The van der Waals surface area contributed by atoms with Crippen LogP contribution in [0.5, 0.6) is 17.2 Å². The van der Waals surface area contributed by atoms with Gasteiger partial charge in [-0.2, -0.15) is 8.62 Å². The molecular weight excluding hydrogens is 1170 g/mol. The van der Waals surface area contributed by atoms with E-state index in [1.807, 2.05) is 0 Å². The van der Waals surface area contributed by atoms with E-state index < -0.39 is 123 Å². The van der Waals surface area contributed by atoms with E-state index in [4.69, 9.17) is 56.4 Å². The Morgan fingerprint density at radius 3 is 2.30 bits per heavy atom. The number of ether oxygens (including phenoxy) is 4. The molecule has 3 aliphatic rings. The van der Waals surface area contributed by atoms with Crippen molar-refractivity contribution in [3.8, 4) is 51.5 Å². The number of aromatic carboxylic acids is 1. The number of hydrogen-bond donors (Lipinski definition) is 9. The van der Waals surface area contributed by atoms with Crippen LogP contribution in [0.2, 0.25) is 10.0 Å². The number of carboxylic acid groups (broad SMARTS) is 1. The highest BCUT2D eigenvalue weighted by Gasteiger charge is 2.43. The van der Waals surface area contributed by atoms with Gasteiger partial charge in [-0.05, 0) is 53.9 Å². The van der Waals surface area contributed by atoms with Crippen molar-refractivity contribution < 1.29 is 99.6 Å². The lowest BCUT2D eigenvalue weighted by molar-refractivity contribution is -0.386. The van der Waals surface area contributed by atoms with Crippen LogP contribution >= 0.6 is 46.7 Å². The first-order valence-corrected chi connectivity index (χ1v) is 28.0. The van der Waals surface area contributed by atoms with Crippen LogP contribution in [0.1, 0.15) is 70.0 Å². The molecule has 1 aliphatic carbocycles. The number of amides is 1. The number of methoxy groups -OCH3 is 2. The monoisotopic (exact) mass is 1210 g/mol. The van der Waals surface area contributed by atoms with Gasteiger partial charge in [-0.3, -0.25) is 38.6 Å². The van der Waals surface area contributed by atoms with E-state index in [9.17, 15) is 72.9 Å². The first kappa shape index (κ1) is 60.8. The molecule has 0 spiro atoms. The van der Waals surface area contributed by atoms with Crippen LogP contribution in [-0.2, 0) is 42.9 Å². The van der Waals surface area contributed by atoms with E-state index in [2.05, 4.69) is 35.3 Å². The van der Waals surface area contributed by atoms with E-state index >= 15 is 0 Å². The zero-order chi connectivity index (χ0) is 58.9. The minimum absolute atomic E-state index is 0.0411. The van der Waals surface area contributed by atoms with Gasteiger partial charge in [-0.25, -0.2) is 23.3 Å². The number of carbonyl (C=O) groups excluding carboxylic acids is 1. The number of nitrogens with zero attached hydrogens (tertiary/aromatic N) is 2. The summed E-state index contributed by atoms with van der Waals surface area (Å²) in [4.78, 5) is 116. The smallest absolute Gasteiger partial charge is 0.490 e. The highest BCUT2D eigenvalue weighted by atomic mass is 35.5. The highest BCUT2D eigenvalue weighted by molar-refractivity contribution is 7.66. The largest absolute Gasteiger partial charge is 0.503 e. The maximum Gasteiger partial charge on any atom is 0.490 e. The Labute approximate surface area is 458 Å². The molecule has 7 rings (SSSR count). The van der Waals surface area contributed by atoms with Gasteiger partial charge in [-0.15, -0.1) is 0 Å². The number of nitrogens with one attached hydrogen (secondary N) is 2. The Bertz CT molecular complexity index is 3850. The molecule has 1 saturated heterocycles. The van der Waals surface area contributed by atoms with Gasteiger partial charge in [0.2, 0.25) is 5.43 Å². The summed E-state index contributed by atoms with van der Waals surface area (Å²) in [5.74, 6) is 1.58. The number of nitro benzene ring substituents is 1. The zero-order valence-corrected chi connectivity index (χ0v) is 45.6. The van der Waals surface area contributed by atoms with Gasteiger partial charge in [0.15, 0.2) is 28.6 Å². The molecule has 34 heteroatoms. The second-order valence-electron chi connectivity index (χ2n) is 17.4. The molecule has 80 heavy (non-hydrogen) atoms. The Balaban J connectivity index is 1.08. The lowest BCUT2D eigenvalue weighted by Gasteiger charge is -2.22. The average molecular weight is 1220 g/mol. The molecule has 1 fully saturated rings. The zero-order valence-electron chi connectivity index (χ0n) is 41.4. The second-order valence-corrected chi connectivity index (χ2v) is 22.6. The number of phenols is 1. The quantitative estimate of drug-likeness (QED) is 0.0145. The lowest BCUT2D eigenvalue weighted by Crippen LogP contribution is -2.34. The van der Waals surface area contributed by atoms with Crippen LogP contribution in [-0.4, -0.2) is 101 Å². The maximum absolute atomic E-state index is 13.7. The predicted molar refractivity (Wildman–Crippen MR) is 277 cm³/mol. The van der Waals surface area contributed by atoms with Gasteiger partial charge in [-0.1, -0.05) is 48.9 Å². The fourth-order valence-corrected chi connectivity index (χ4v) is 11.7. The number of phosphoric ester groups is 1. The van der Waals surface area contributed by atoms with Gasteiger partial charge in [0, 0.05) is 46.3 Å². The van der Waals surface area contributed by atoms with E-state index in [0.717, 1.165) is 22.9 Å². The number of rotatable bonds is 20. The number of benzene rings is 4. The number of aromatic amines is 1. The van der Waals surface area contributed by atoms with Crippen LogP contribution in [0.15, 0.2) is 73.5 Å². The van der Waals surface area contributed by atoms with Crippen LogP contribution in [0.25, 0.3) is 33.4 Å².